The molecule has 0 amide bonds. The number of imidazole rings is 1. The third-order valence-corrected chi connectivity index (χ3v) is 4.10. The van der Waals surface area contributed by atoms with Crippen molar-refractivity contribution in [2.45, 2.75) is 58.3 Å². The summed E-state index contributed by atoms with van der Waals surface area (Å²) in [5, 5.41) is 0. The molecular weight excluding hydrogens is 314 g/mol. The lowest BCUT2D eigenvalue weighted by molar-refractivity contribution is 0.585. The van der Waals surface area contributed by atoms with E-state index in [-0.39, 0.29) is 0 Å². The SMILES string of the molecule is CCCCCCCCCc1nc2c(N)cc(Br)cc2[nH]1. The lowest BCUT2D eigenvalue weighted by Gasteiger charge is -1.99. The Morgan fingerprint density at radius 2 is 1.80 bits per heavy atom. The van der Waals surface area contributed by atoms with Crippen LogP contribution in [0.3, 0.4) is 0 Å². The summed E-state index contributed by atoms with van der Waals surface area (Å²) in [6.07, 6.45) is 10.3. The van der Waals surface area contributed by atoms with Crippen LogP contribution in [0, 0.1) is 0 Å². The van der Waals surface area contributed by atoms with E-state index in [9.17, 15) is 0 Å². The number of nitrogens with zero attached hydrogens (tertiary/aromatic N) is 1. The maximum absolute atomic E-state index is 5.98. The molecule has 0 saturated carbocycles. The minimum atomic E-state index is 0.733. The van der Waals surface area contributed by atoms with Crippen molar-refractivity contribution in [3.63, 3.8) is 0 Å². The zero-order valence-electron chi connectivity index (χ0n) is 12.2. The third-order valence-electron chi connectivity index (χ3n) is 3.65. The second-order valence-corrected chi connectivity index (χ2v) is 6.36. The van der Waals surface area contributed by atoms with Crippen LogP contribution in [0.15, 0.2) is 16.6 Å². The number of hydrogen-bond acceptors (Lipinski definition) is 2. The van der Waals surface area contributed by atoms with Gasteiger partial charge in [-0.3, -0.25) is 0 Å². The number of benzene rings is 1. The number of aryl methyl sites for hydroxylation is 1. The monoisotopic (exact) mass is 337 g/mol. The molecule has 0 saturated heterocycles. The number of halogens is 1. The highest BCUT2D eigenvalue weighted by Crippen LogP contribution is 2.24. The predicted octanol–water partition coefficient (Wildman–Crippen LogP) is 5.20. The van der Waals surface area contributed by atoms with Gasteiger partial charge in [0.2, 0.25) is 0 Å². The van der Waals surface area contributed by atoms with Gasteiger partial charge < -0.3 is 10.7 Å². The second-order valence-electron chi connectivity index (χ2n) is 5.45. The first kappa shape index (κ1) is 15.4. The molecule has 3 N–H and O–H groups in total. The number of nitrogens with one attached hydrogen (secondary N) is 1. The van der Waals surface area contributed by atoms with Crippen LogP contribution >= 0.6 is 15.9 Å². The van der Waals surface area contributed by atoms with Crippen LogP contribution in [0.1, 0.15) is 57.7 Å². The highest BCUT2D eigenvalue weighted by atomic mass is 79.9. The first-order valence-corrected chi connectivity index (χ1v) is 8.43. The Morgan fingerprint density at radius 3 is 2.55 bits per heavy atom. The van der Waals surface area contributed by atoms with Crippen molar-refractivity contribution in [1.29, 1.82) is 0 Å². The van der Waals surface area contributed by atoms with Gasteiger partial charge in [0.05, 0.1) is 11.2 Å². The van der Waals surface area contributed by atoms with Gasteiger partial charge in [0.1, 0.15) is 11.3 Å². The predicted molar refractivity (Wildman–Crippen MR) is 89.9 cm³/mol. The van der Waals surface area contributed by atoms with Gasteiger partial charge in [-0.25, -0.2) is 4.98 Å². The van der Waals surface area contributed by atoms with Gasteiger partial charge in [0.15, 0.2) is 0 Å². The van der Waals surface area contributed by atoms with Crippen LogP contribution in [0.2, 0.25) is 0 Å². The molecule has 1 heterocycles. The van der Waals surface area contributed by atoms with Crippen molar-refractivity contribution in [2.24, 2.45) is 0 Å². The lowest BCUT2D eigenvalue weighted by atomic mass is 10.1. The molecule has 2 aromatic rings. The number of anilines is 1. The summed E-state index contributed by atoms with van der Waals surface area (Å²) in [5.74, 6) is 1.05. The highest BCUT2D eigenvalue weighted by Gasteiger charge is 2.06. The minimum Gasteiger partial charge on any atom is -0.397 e. The average molecular weight is 338 g/mol. The van der Waals surface area contributed by atoms with Crippen LogP contribution < -0.4 is 5.73 Å². The fourth-order valence-corrected chi connectivity index (χ4v) is 3.00. The zero-order chi connectivity index (χ0) is 14.4. The van der Waals surface area contributed by atoms with Crippen molar-refractivity contribution in [3.8, 4) is 0 Å². The Morgan fingerprint density at radius 1 is 1.10 bits per heavy atom. The molecular formula is C16H24BrN3. The van der Waals surface area contributed by atoms with E-state index in [0.29, 0.717) is 0 Å². The molecule has 20 heavy (non-hydrogen) atoms. The van der Waals surface area contributed by atoms with Crippen molar-refractivity contribution < 1.29 is 0 Å². The van der Waals surface area contributed by atoms with Crippen LogP contribution in [0.4, 0.5) is 5.69 Å². The first-order chi connectivity index (χ1) is 9.70. The Hall–Kier alpha value is -1.03. The fraction of sp³-hybridized carbons (Fsp3) is 0.562. The standard InChI is InChI=1S/C16H24BrN3/c1-2-3-4-5-6-7-8-9-15-19-14-11-12(17)10-13(18)16(14)20-15/h10-11H,2-9,18H2,1H3,(H,19,20). The van der Waals surface area contributed by atoms with E-state index in [1.165, 1.54) is 44.9 Å². The number of rotatable bonds is 8. The van der Waals surface area contributed by atoms with E-state index >= 15 is 0 Å². The number of nitrogen functional groups attached to an aromatic ring is 1. The summed E-state index contributed by atoms with van der Waals surface area (Å²) in [5.41, 5.74) is 8.63. The van der Waals surface area contributed by atoms with Crippen LogP contribution in [0.5, 0.6) is 0 Å². The van der Waals surface area contributed by atoms with Gasteiger partial charge in [-0.05, 0) is 18.6 Å². The number of unbranched alkanes of at least 4 members (excludes halogenated alkanes) is 6. The fourth-order valence-electron chi connectivity index (χ4n) is 2.53. The molecule has 0 fully saturated rings. The highest BCUT2D eigenvalue weighted by molar-refractivity contribution is 9.10. The summed E-state index contributed by atoms with van der Waals surface area (Å²) in [4.78, 5) is 7.97. The van der Waals surface area contributed by atoms with E-state index in [2.05, 4.69) is 32.8 Å². The molecule has 3 nitrogen and oxygen atoms in total. The Kier molecular flexibility index (Phi) is 5.89. The van der Waals surface area contributed by atoms with Gasteiger partial charge in [-0.2, -0.15) is 0 Å². The van der Waals surface area contributed by atoms with Gasteiger partial charge in [0, 0.05) is 10.9 Å². The molecule has 4 heteroatoms. The van der Waals surface area contributed by atoms with E-state index in [4.69, 9.17) is 5.73 Å². The van der Waals surface area contributed by atoms with Gasteiger partial charge in [-0.1, -0.05) is 61.4 Å². The maximum Gasteiger partial charge on any atom is 0.112 e. The van der Waals surface area contributed by atoms with Gasteiger partial charge >= 0.3 is 0 Å². The number of aromatic amines is 1. The van der Waals surface area contributed by atoms with E-state index in [1.54, 1.807) is 0 Å². The van der Waals surface area contributed by atoms with E-state index in [1.807, 2.05) is 12.1 Å². The summed E-state index contributed by atoms with van der Waals surface area (Å²) >= 11 is 3.46. The molecule has 0 aliphatic carbocycles. The molecule has 0 atom stereocenters. The number of H-pyrrole nitrogens is 1. The van der Waals surface area contributed by atoms with Crippen LogP contribution in [-0.2, 0) is 6.42 Å². The minimum absolute atomic E-state index is 0.733. The van der Waals surface area contributed by atoms with E-state index in [0.717, 1.165) is 33.4 Å². The van der Waals surface area contributed by atoms with Crippen molar-refractivity contribution in [1.82, 2.24) is 9.97 Å². The zero-order valence-corrected chi connectivity index (χ0v) is 13.8. The Labute approximate surface area is 129 Å². The van der Waals surface area contributed by atoms with Crippen molar-refractivity contribution in [3.05, 3.63) is 22.4 Å². The molecule has 0 radical (unpaired) electrons. The number of hydrogen-bond donors (Lipinski definition) is 2. The summed E-state index contributed by atoms with van der Waals surface area (Å²) in [6.45, 7) is 2.26. The molecule has 0 aliphatic rings. The topological polar surface area (TPSA) is 54.7 Å². The maximum atomic E-state index is 5.98. The lowest BCUT2D eigenvalue weighted by Crippen LogP contribution is -1.89. The quantitative estimate of drug-likeness (QED) is 0.513. The average Bonchev–Trinajstić information content (AvgIpc) is 2.81. The summed E-state index contributed by atoms with van der Waals surface area (Å²) < 4.78 is 0.994. The first-order valence-electron chi connectivity index (χ1n) is 7.64. The normalized spacial score (nSPS) is 11.3. The summed E-state index contributed by atoms with van der Waals surface area (Å²) in [7, 11) is 0. The van der Waals surface area contributed by atoms with Gasteiger partial charge in [-0.15, -0.1) is 0 Å². The second kappa shape index (κ2) is 7.67. The smallest absolute Gasteiger partial charge is 0.112 e. The number of aromatic nitrogens is 2. The third kappa shape index (κ3) is 4.23. The van der Waals surface area contributed by atoms with Crippen molar-refractivity contribution >= 4 is 32.7 Å². The molecule has 0 aliphatic heterocycles. The summed E-state index contributed by atoms with van der Waals surface area (Å²) in [6, 6.07) is 3.94. The number of nitrogens with two attached hydrogens (primary N) is 1. The molecule has 0 bridgehead atoms. The Balaban J connectivity index is 1.80. The van der Waals surface area contributed by atoms with E-state index < -0.39 is 0 Å². The van der Waals surface area contributed by atoms with Crippen LogP contribution in [-0.4, -0.2) is 9.97 Å². The largest absolute Gasteiger partial charge is 0.397 e. The molecule has 110 valence electrons. The van der Waals surface area contributed by atoms with Gasteiger partial charge in [0.25, 0.3) is 0 Å². The molecule has 1 aromatic carbocycles. The Bertz CT molecular complexity index is 548. The molecule has 0 spiro atoms. The molecule has 2 rings (SSSR count). The van der Waals surface area contributed by atoms with Crippen molar-refractivity contribution in [2.75, 3.05) is 5.73 Å². The van der Waals surface area contributed by atoms with Crippen LogP contribution in [0.25, 0.3) is 11.0 Å². The molecule has 1 aromatic heterocycles. The number of fused-ring (bicyclic) bond motifs is 1. The molecule has 0 unspecified atom stereocenters.